The van der Waals surface area contributed by atoms with Gasteiger partial charge in [0.05, 0.1) is 18.2 Å². The molecule has 0 aromatic carbocycles. The minimum atomic E-state index is -0.775. The number of carbonyl (C=O) groups excluding carboxylic acids is 1. The molecule has 0 heterocycles. The first-order chi connectivity index (χ1) is 6.89. The molecule has 4 N–H and O–H groups in total. The highest BCUT2D eigenvalue weighted by Gasteiger charge is 2.44. The summed E-state index contributed by atoms with van der Waals surface area (Å²) in [7, 11) is 0. The minimum Gasteiger partial charge on any atom is -0.394 e. The van der Waals surface area contributed by atoms with Gasteiger partial charge in [0, 0.05) is 0 Å². The van der Waals surface area contributed by atoms with Crippen molar-refractivity contribution in [2.75, 3.05) is 6.61 Å². The Kier molecular flexibility index (Phi) is 3.73. The molecule has 1 fully saturated rings. The van der Waals surface area contributed by atoms with Crippen LogP contribution < -0.4 is 11.1 Å². The van der Waals surface area contributed by atoms with Crippen molar-refractivity contribution >= 4 is 5.91 Å². The van der Waals surface area contributed by atoms with Gasteiger partial charge in [0.15, 0.2) is 0 Å². The van der Waals surface area contributed by atoms with E-state index in [-0.39, 0.29) is 24.5 Å². The lowest BCUT2D eigenvalue weighted by Crippen LogP contribution is -2.57. The van der Waals surface area contributed by atoms with Gasteiger partial charge in [-0.05, 0) is 31.6 Å². The molecule has 4 nitrogen and oxygen atoms in total. The fraction of sp³-hybridized carbons (Fsp3) is 0.909. The highest BCUT2D eigenvalue weighted by atomic mass is 16.3. The van der Waals surface area contributed by atoms with E-state index in [0.717, 1.165) is 12.8 Å². The molecule has 0 spiro atoms. The molecule has 0 saturated heterocycles. The summed E-state index contributed by atoms with van der Waals surface area (Å²) in [4.78, 5) is 11.9. The normalized spacial score (nSPS) is 22.3. The molecular weight excluding hydrogens is 192 g/mol. The molecule has 1 aliphatic carbocycles. The number of amides is 1. The Labute approximate surface area is 91.2 Å². The summed E-state index contributed by atoms with van der Waals surface area (Å²) in [6.45, 7) is 5.66. The van der Waals surface area contributed by atoms with Crippen molar-refractivity contribution in [2.24, 2.45) is 17.6 Å². The lowest BCUT2D eigenvalue weighted by molar-refractivity contribution is -0.127. The lowest BCUT2D eigenvalue weighted by Gasteiger charge is -2.28. The number of carbonyl (C=O) groups is 1. The molecule has 1 rings (SSSR count). The van der Waals surface area contributed by atoms with E-state index in [1.165, 1.54) is 0 Å². The molecule has 0 bridgehead atoms. The molecule has 15 heavy (non-hydrogen) atoms. The summed E-state index contributed by atoms with van der Waals surface area (Å²) in [5.74, 6) is 0.385. The Hall–Kier alpha value is -0.610. The third-order valence-corrected chi connectivity index (χ3v) is 3.23. The van der Waals surface area contributed by atoms with Crippen LogP contribution in [0, 0.1) is 11.8 Å². The van der Waals surface area contributed by atoms with Crippen LogP contribution in [-0.4, -0.2) is 29.2 Å². The summed E-state index contributed by atoms with van der Waals surface area (Å²) in [6, 6.07) is -0.195. The third-order valence-electron chi connectivity index (χ3n) is 3.23. The van der Waals surface area contributed by atoms with Gasteiger partial charge in [-0.1, -0.05) is 13.8 Å². The van der Waals surface area contributed by atoms with Crippen LogP contribution in [0.4, 0.5) is 0 Å². The van der Waals surface area contributed by atoms with Gasteiger partial charge in [0.2, 0.25) is 5.91 Å². The second-order valence-corrected chi connectivity index (χ2v) is 5.06. The predicted octanol–water partition coefficient (Wildman–Crippen LogP) is 0.247. The van der Waals surface area contributed by atoms with Crippen molar-refractivity contribution in [1.29, 1.82) is 0 Å². The van der Waals surface area contributed by atoms with Crippen LogP contribution in [0.25, 0.3) is 0 Å². The van der Waals surface area contributed by atoms with E-state index in [2.05, 4.69) is 5.32 Å². The molecule has 1 amide bonds. The zero-order valence-corrected chi connectivity index (χ0v) is 9.79. The van der Waals surface area contributed by atoms with Gasteiger partial charge in [-0.15, -0.1) is 0 Å². The Morgan fingerprint density at radius 2 is 2.13 bits per heavy atom. The van der Waals surface area contributed by atoms with Crippen molar-refractivity contribution in [3.63, 3.8) is 0 Å². The second kappa shape index (κ2) is 4.49. The fourth-order valence-corrected chi connectivity index (χ4v) is 1.62. The Morgan fingerprint density at radius 3 is 2.47 bits per heavy atom. The van der Waals surface area contributed by atoms with Crippen molar-refractivity contribution < 1.29 is 9.90 Å². The first-order valence-corrected chi connectivity index (χ1v) is 5.60. The molecule has 1 aliphatic rings. The topological polar surface area (TPSA) is 75.3 Å². The second-order valence-electron chi connectivity index (χ2n) is 5.06. The van der Waals surface area contributed by atoms with Gasteiger partial charge < -0.3 is 16.2 Å². The van der Waals surface area contributed by atoms with Crippen LogP contribution in [0.1, 0.15) is 33.6 Å². The smallest absolute Gasteiger partial charge is 0.240 e. The Bertz CT molecular complexity index is 235. The van der Waals surface area contributed by atoms with E-state index in [0.29, 0.717) is 5.92 Å². The highest BCUT2D eigenvalue weighted by Crippen LogP contribution is 2.38. The Morgan fingerprint density at radius 1 is 1.60 bits per heavy atom. The van der Waals surface area contributed by atoms with Crippen LogP contribution in [-0.2, 0) is 4.79 Å². The van der Waals surface area contributed by atoms with Gasteiger partial charge >= 0.3 is 0 Å². The van der Waals surface area contributed by atoms with E-state index in [9.17, 15) is 4.79 Å². The molecule has 0 radical (unpaired) electrons. The maximum Gasteiger partial charge on any atom is 0.240 e. The van der Waals surface area contributed by atoms with Gasteiger partial charge in [0.1, 0.15) is 0 Å². The molecule has 0 aromatic rings. The summed E-state index contributed by atoms with van der Waals surface area (Å²) in [5.41, 5.74) is 5.20. The van der Waals surface area contributed by atoms with Crippen LogP contribution in [0.2, 0.25) is 0 Å². The van der Waals surface area contributed by atoms with E-state index >= 15 is 0 Å². The number of hydrogen-bond donors (Lipinski definition) is 3. The molecular formula is C11H22N2O2. The quantitative estimate of drug-likeness (QED) is 0.614. The number of aliphatic hydroxyl groups excluding tert-OH is 1. The van der Waals surface area contributed by atoms with E-state index < -0.39 is 5.54 Å². The van der Waals surface area contributed by atoms with Crippen molar-refractivity contribution in [3.8, 4) is 0 Å². The molecule has 1 saturated carbocycles. The summed E-state index contributed by atoms with van der Waals surface area (Å²) in [5, 5.41) is 11.9. The average molecular weight is 214 g/mol. The first kappa shape index (κ1) is 12.5. The van der Waals surface area contributed by atoms with Gasteiger partial charge in [0.25, 0.3) is 0 Å². The largest absolute Gasteiger partial charge is 0.394 e. The molecule has 0 aliphatic heterocycles. The SMILES string of the molecule is CC(C)C(CO)NC(=O)C(C)(N)C1CC1. The zero-order valence-electron chi connectivity index (χ0n) is 9.79. The fourth-order valence-electron chi connectivity index (χ4n) is 1.62. The molecule has 88 valence electrons. The third kappa shape index (κ3) is 2.92. The van der Waals surface area contributed by atoms with Gasteiger partial charge in [-0.25, -0.2) is 0 Å². The summed E-state index contributed by atoms with van der Waals surface area (Å²) in [6.07, 6.45) is 2.07. The van der Waals surface area contributed by atoms with Gasteiger partial charge in [-0.2, -0.15) is 0 Å². The number of hydrogen-bond acceptors (Lipinski definition) is 3. The highest BCUT2D eigenvalue weighted by molar-refractivity contribution is 5.86. The van der Waals surface area contributed by atoms with Crippen LogP contribution in [0.3, 0.4) is 0 Å². The first-order valence-electron chi connectivity index (χ1n) is 5.60. The zero-order chi connectivity index (χ0) is 11.6. The van der Waals surface area contributed by atoms with E-state index in [4.69, 9.17) is 10.8 Å². The maximum absolute atomic E-state index is 11.9. The standard InChI is InChI=1S/C11H22N2O2/c1-7(2)9(6-14)13-10(15)11(3,12)8-4-5-8/h7-9,14H,4-6,12H2,1-3H3,(H,13,15). The molecule has 2 unspecified atom stereocenters. The van der Waals surface area contributed by atoms with Crippen LogP contribution in [0.15, 0.2) is 0 Å². The number of nitrogens with two attached hydrogens (primary N) is 1. The molecule has 2 atom stereocenters. The molecule has 0 aromatic heterocycles. The number of aliphatic hydroxyl groups is 1. The van der Waals surface area contributed by atoms with Crippen molar-refractivity contribution in [3.05, 3.63) is 0 Å². The van der Waals surface area contributed by atoms with Crippen LogP contribution >= 0.6 is 0 Å². The van der Waals surface area contributed by atoms with Crippen molar-refractivity contribution in [2.45, 2.75) is 45.2 Å². The van der Waals surface area contributed by atoms with Gasteiger partial charge in [-0.3, -0.25) is 4.79 Å². The minimum absolute atomic E-state index is 0.0375. The predicted molar refractivity (Wildman–Crippen MR) is 59.2 cm³/mol. The summed E-state index contributed by atoms with van der Waals surface area (Å²) >= 11 is 0. The maximum atomic E-state index is 11.9. The molecule has 4 heteroatoms. The van der Waals surface area contributed by atoms with E-state index in [1.54, 1.807) is 6.92 Å². The number of rotatable bonds is 5. The Balaban J connectivity index is 2.53. The summed E-state index contributed by atoms with van der Waals surface area (Å²) < 4.78 is 0. The monoisotopic (exact) mass is 214 g/mol. The van der Waals surface area contributed by atoms with Crippen LogP contribution in [0.5, 0.6) is 0 Å². The lowest BCUT2D eigenvalue weighted by atomic mass is 9.94. The van der Waals surface area contributed by atoms with E-state index in [1.807, 2.05) is 13.8 Å². The number of nitrogens with one attached hydrogen (secondary N) is 1. The van der Waals surface area contributed by atoms with Crippen molar-refractivity contribution in [1.82, 2.24) is 5.32 Å². The average Bonchev–Trinajstić information content (AvgIpc) is 2.95.